The second kappa shape index (κ2) is 11.5. The summed E-state index contributed by atoms with van der Waals surface area (Å²) in [6.07, 6.45) is 3.41. The zero-order chi connectivity index (χ0) is 28.3. The van der Waals surface area contributed by atoms with Crippen molar-refractivity contribution in [3.05, 3.63) is 81.9 Å². The number of benzene rings is 2. The number of aromatic nitrogens is 3. The van der Waals surface area contributed by atoms with Gasteiger partial charge in [-0.2, -0.15) is 0 Å². The minimum Gasteiger partial charge on any atom is -0.466 e. The fourth-order valence-electron chi connectivity index (χ4n) is 4.04. The summed E-state index contributed by atoms with van der Waals surface area (Å²) >= 11 is 5.99. The summed E-state index contributed by atoms with van der Waals surface area (Å²) in [7, 11) is -4.15. The predicted octanol–water partition coefficient (Wildman–Crippen LogP) is 4.81. The summed E-state index contributed by atoms with van der Waals surface area (Å²) in [6.45, 7) is 5.57. The Balaban J connectivity index is 1.71. The summed E-state index contributed by atoms with van der Waals surface area (Å²) in [4.78, 5) is 33.7. The molecule has 1 N–H and O–H groups in total. The van der Waals surface area contributed by atoms with E-state index in [0.717, 1.165) is 18.2 Å². The van der Waals surface area contributed by atoms with Gasteiger partial charge in [0.05, 0.1) is 46.2 Å². The highest BCUT2D eigenvalue weighted by molar-refractivity contribution is 7.92. The van der Waals surface area contributed by atoms with E-state index in [2.05, 4.69) is 14.7 Å². The van der Waals surface area contributed by atoms with Crippen LogP contribution in [0.2, 0.25) is 5.02 Å². The number of pyridine rings is 1. The second-order valence-electron chi connectivity index (χ2n) is 8.84. The van der Waals surface area contributed by atoms with E-state index in [9.17, 15) is 22.4 Å². The average molecular weight is 573 g/mol. The van der Waals surface area contributed by atoms with Crippen molar-refractivity contribution in [1.82, 2.24) is 14.5 Å². The molecule has 204 valence electrons. The molecule has 2 heterocycles. The molecule has 0 saturated carbocycles. The molecule has 2 aromatic heterocycles. The highest BCUT2D eigenvalue weighted by Crippen LogP contribution is 2.29. The molecule has 0 fully saturated rings. The van der Waals surface area contributed by atoms with Crippen LogP contribution in [0.15, 0.2) is 64.7 Å². The summed E-state index contributed by atoms with van der Waals surface area (Å²) < 4.78 is 48.5. The van der Waals surface area contributed by atoms with Gasteiger partial charge in [0.15, 0.2) is 0 Å². The monoisotopic (exact) mass is 572 g/mol. The lowest BCUT2D eigenvalue weighted by molar-refractivity contribution is -0.147. The normalized spacial score (nSPS) is 12.3. The van der Waals surface area contributed by atoms with Gasteiger partial charge in [-0.3, -0.25) is 23.9 Å². The number of halogens is 2. The van der Waals surface area contributed by atoms with Gasteiger partial charge >= 0.3 is 5.97 Å². The quantitative estimate of drug-likeness (QED) is 0.286. The number of esters is 1. The summed E-state index contributed by atoms with van der Waals surface area (Å²) in [5.74, 6) is -1.60. The lowest BCUT2D eigenvalue weighted by atomic mass is 10.0. The van der Waals surface area contributed by atoms with Crippen LogP contribution in [0.3, 0.4) is 0 Å². The molecule has 0 aliphatic carbocycles. The standard InChI is InChI=1S/C27H26ClFN4O5S/c1-4-22-24(32-39(36,37)25-9-7-19(29)12-21(25)28)11-18(13-30-22)17-6-8-23-20(10-17)26(34)33(15-31-23)14-16(3)27(35)38-5-2/h6-13,15-16,32H,4-5,14H2,1-3H3. The number of sulfonamides is 1. The molecule has 0 bridgehead atoms. The van der Waals surface area contributed by atoms with Crippen molar-refractivity contribution >= 4 is 44.2 Å². The first-order valence-corrected chi connectivity index (χ1v) is 14.0. The summed E-state index contributed by atoms with van der Waals surface area (Å²) in [6, 6.07) is 9.72. The first kappa shape index (κ1) is 28.2. The molecule has 1 atom stereocenters. The van der Waals surface area contributed by atoms with Crippen molar-refractivity contribution in [3.8, 4) is 11.1 Å². The van der Waals surface area contributed by atoms with Crippen LogP contribution in [0, 0.1) is 11.7 Å². The van der Waals surface area contributed by atoms with Crippen LogP contribution in [0.4, 0.5) is 10.1 Å². The smallest absolute Gasteiger partial charge is 0.310 e. The molecule has 0 amide bonds. The minimum atomic E-state index is -4.15. The van der Waals surface area contributed by atoms with Crippen molar-refractivity contribution < 1.29 is 22.3 Å². The molecular formula is C27H26ClFN4O5S. The largest absolute Gasteiger partial charge is 0.466 e. The van der Waals surface area contributed by atoms with Crippen molar-refractivity contribution in [2.45, 2.75) is 38.6 Å². The Morgan fingerprint density at radius 1 is 1.13 bits per heavy atom. The molecule has 9 nitrogen and oxygen atoms in total. The van der Waals surface area contributed by atoms with Crippen molar-refractivity contribution in [3.63, 3.8) is 0 Å². The number of carbonyl (C=O) groups is 1. The van der Waals surface area contributed by atoms with Crippen LogP contribution in [0.5, 0.6) is 0 Å². The number of nitrogens with zero attached hydrogens (tertiary/aromatic N) is 3. The zero-order valence-electron chi connectivity index (χ0n) is 21.4. The van der Waals surface area contributed by atoms with Gasteiger partial charge in [0, 0.05) is 18.3 Å². The Hall–Kier alpha value is -3.83. The van der Waals surface area contributed by atoms with Crippen LogP contribution in [0.25, 0.3) is 22.0 Å². The van der Waals surface area contributed by atoms with Gasteiger partial charge in [-0.05, 0) is 55.3 Å². The number of carbonyl (C=O) groups excluding carboxylic acids is 1. The second-order valence-corrected chi connectivity index (χ2v) is 10.9. The number of anilines is 1. The lowest BCUT2D eigenvalue weighted by Crippen LogP contribution is -2.27. The molecule has 4 aromatic rings. The fourth-order valence-corrected chi connectivity index (χ4v) is 5.65. The van der Waals surface area contributed by atoms with Gasteiger partial charge in [-0.1, -0.05) is 31.5 Å². The van der Waals surface area contributed by atoms with E-state index >= 15 is 0 Å². The first-order chi connectivity index (χ1) is 18.5. The maximum Gasteiger partial charge on any atom is 0.310 e. The van der Waals surface area contributed by atoms with Gasteiger partial charge < -0.3 is 4.74 Å². The third-order valence-corrected chi connectivity index (χ3v) is 7.90. The molecule has 1 unspecified atom stereocenters. The molecule has 0 radical (unpaired) electrons. The van der Waals surface area contributed by atoms with Crippen LogP contribution in [0.1, 0.15) is 26.5 Å². The number of aryl methyl sites for hydroxylation is 1. The molecule has 0 aliphatic rings. The van der Waals surface area contributed by atoms with E-state index in [1.807, 2.05) is 6.92 Å². The van der Waals surface area contributed by atoms with Crippen molar-refractivity contribution in [2.75, 3.05) is 11.3 Å². The first-order valence-electron chi connectivity index (χ1n) is 12.2. The minimum absolute atomic E-state index is 0.107. The zero-order valence-corrected chi connectivity index (χ0v) is 23.0. The lowest BCUT2D eigenvalue weighted by Gasteiger charge is -2.14. The molecular weight excluding hydrogens is 547 g/mol. The van der Waals surface area contributed by atoms with E-state index in [-0.39, 0.29) is 34.3 Å². The SMILES string of the molecule is CCOC(=O)C(C)Cn1cnc2ccc(-c3cnc(CC)c(NS(=O)(=O)c4ccc(F)cc4Cl)c3)cc2c1=O. The Morgan fingerprint density at radius 2 is 1.90 bits per heavy atom. The topological polar surface area (TPSA) is 120 Å². The maximum atomic E-state index is 13.5. The van der Waals surface area contributed by atoms with Crippen LogP contribution < -0.4 is 10.3 Å². The van der Waals surface area contributed by atoms with Crippen molar-refractivity contribution in [2.24, 2.45) is 5.92 Å². The third kappa shape index (κ3) is 6.10. The van der Waals surface area contributed by atoms with E-state index in [1.165, 1.54) is 10.9 Å². The van der Waals surface area contributed by atoms with E-state index in [4.69, 9.17) is 16.3 Å². The van der Waals surface area contributed by atoms with Gasteiger partial charge in [-0.25, -0.2) is 17.8 Å². The Bertz CT molecular complexity index is 1730. The Labute approximate surface area is 229 Å². The number of hydrogen-bond acceptors (Lipinski definition) is 7. The highest BCUT2D eigenvalue weighted by Gasteiger charge is 2.21. The van der Waals surface area contributed by atoms with Gasteiger partial charge in [0.25, 0.3) is 15.6 Å². The van der Waals surface area contributed by atoms with Gasteiger partial charge in [0.1, 0.15) is 10.7 Å². The molecule has 0 saturated heterocycles. The molecule has 39 heavy (non-hydrogen) atoms. The van der Waals surface area contributed by atoms with Crippen LogP contribution in [-0.4, -0.2) is 35.5 Å². The summed E-state index contributed by atoms with van der Waals surface area (Å²) in [5.41, 5.74) is 2.00. The average Bonchev–Trinajstić information content (AvgIpc) is 2.89. The number of fused-ring (bicyclic) bond motifs is 1. The highest BCUT2D eigenvalue weighted by atomic mass is 35.5. The van der Waals surface area contributed by atoms with E-state index < -0.39 is 27.7 Å². The Morgan fingerprint density at radius 3 is 2.59 bits per heavy atom. The third-order valence-electron chi connectivity index (χ3n) is 6.05. The fraction of sp³-hybridized carbons (Fsp3) is 0.259. The van der Waals surface area contributed by atoms with E-state index in [0.29, 0.717) is 34.1 Å². The molecule has 0 spiro atoms. The number of rotatable bonds is 9. The van der Waals surface area contributed by atoms with Gasteiger partial charge in [0.2, 0.25) is 0 Å². The number of nitrogens with one attached hydrogen (secondary N) is 1. The maximum absolute atomic E-state index is 13.5. The molecule has 2 aromatic carbocycles. The number of ether oxygens (including phenoxy) is 1. The van der Waals surface area contributed by atoms with Crippen molar-refractivity contribution in [1.29, 1.82) is 0 Å². The van der Waals surface area contributed by atoms with Gasteiger partial charge in [-0.15, -0.1) is 0 Å². The molecule has 12 heteroatoms. The van der Waals surface area contributed by atoms with Crippen LogP contribution >= 0.6 is 11.6 Å². The molecule has 0 aliphatic heterocycles. The van der Waals surface area contributed by atoms with Crippen LogP contribution in [-0.2, 0) is 32.5 Å². The summed E-state index contributed by atoms with van der Waals surface area (Å²) in [5, 5.41) is 0.0751. The predicted molar refractivity (Wildman–Crippen MR) is 147 cm³/mol. The number of hydrogen-bond donors (Lipinski definition) is 1. The molecule has 4 rings (SSSR count). The van der Waals surface area contributed by atoms with E-state index in [1.54, 1.807) is 44.3 Å². The Kier molecular flexibility index (Phi) is 8.31.